The molecule has 0 saturated carbocycles. The Bertz CT molecular complexity index is 414. The van der Waals surface area contributed by atoms with Crippen LogP contribution < -0.4 is 5.32 Å². The number of amides is 1. The van der Waals surface area contributed by atoms with Gasteiger partial charge < -0.3 is 10.1 Å². The van der Waals surface area contributed by atoms with Gasteiger partial charge in [-0.15, -0.1) is 12.4 Å². The molecule has 1 aliphatic rings. The van der Waals surface area contributed by atoms with Crippen LogP contribution in [0.15, 0.2) is 30.3 Å². The van der Waals surface area contributed by atoms with Gasteiger partial charge in [-0.3, -0.25) is 4.90 Å². The number of hydrogen-bond acceptors (Lipinski definition) is 3. The molecule has 2 rings (SSSR count). The summed E-state index contributed by atoms with van der Waals surface area (Å²) in [6.45, 7) is 5.08. The number of alkyl carbamates (subject to hydrolysis) is 1. The van der Waals surface area contributed by atoms with Crippen LogP contribution in [0, 0.1) is 5.92 Å². The molecule has 1 saturated heterocycles. The monoisotopic (exact) mass is 298 g/mol. The summed E-state index contributed by atoms with van der Waals surface area (Å²) in [6, 6.07) is 10.6. The SMILES string of the molecule is COC(=O)NC1CN(Cc2ccccc2)CCC1C.Cl. The zero-order valence-corrected chi connectivity index (χ0v) is 12.9. The van der Waals surface area contributed by atoms with Crippen molar-refractivity contribution in [2.45, 2.75) is 25.9 Å². The summed E-state index contributed by atoms with van der Waals surface area (Å²) in [7, 11) is 1.41. The number of methoxy groups -OCH3 is 1. The van der Waals surface area contributed by atoms with Gasteiger partial charge in [-0.05, 0) is 24.4 Å². The molecule has 20 heavy (non-hydrogen) atoms. The maximum atomic E-state index is 11.3. The molecule has 5 heteroatoms. The van der Waals surface area contributed by atoms with Gasteiger partial charge in [0.25, 0.3) is 0 Å². The number of rotatable bonds is 3. The molecule has 0 aromatic heterocycles. The van der Waals surface area contributed by atoms with E-state index in [2.05, 4.69) is 46.1 Å². The van der Waals surface area contributed by atoms with E-state index in [1.165, 1.54) is 12.7 Å². The molecule has 1 aromatic carbocycles. The number of nitrogens with zero attached hydrogens (tertiary/aromatic N) is 1. The maximum absolute atomic E-state index is 11.3. The summed E-state index contributed by atoms with van der Waals surface area (Å²) in [5.74, 6) is 0.492. The molecule has 1 fully saturated rings. The minimum Gasteiger partial charge on any atom is -0.453 e. The zero-order valence-electron chi connectivity index (χ0n) is 12.0. The number of halogens is 1. The number of carbonyl (C=O) groups is 1. The second-order valence-corrected chi connectivity index (χ2v) is 5.23. The molecule has 1 aliphatic heterocycles. The predicted molar refractivity (Wildman–Crippen MR) is 82.1 cm³/mol. The standard InChI is InChI=1S/C15H22N2O2.ClH/c1-12-8-9-17(10-13-6-4-3-5-7-13)11-14(12)16-15(18)19-2;/h3-7,12,14H,8-11H2,1-2H3,(H,16,18);1H. The Hall–Kier alpha value is -1.26. The number of hydrogen-bond donors (Lipinski definition) is 1. The summed E-state index contributed by atoms with van der Waals surface area (Å²) in [5, 5.41) is 2.93. The van der Waals surface area contributed by atoms with E-state index in [1.807, 2.05) is 6.07 Å². The van der Waals surface area contributed by atoms with Gasteiger partial charge in [0.2, 0.25) is 0 Å². The van der Waals surface area contributed by atoms with Gasteiger partial charge in [-0.25, -0.2) is 4.79 Å². The fourth-order valence-corrected chi connectivity index (χ4v) is 2.52. The molecule has 1 aromatic rings. The van der Waals surface area contributed by atoms with E-state index in [0.29, 0.717) is 5.92 Å². The number of likely N-dealkylation sites (tertiary alicyclic amines) is 1. The number of carbonyl (C=O) groups excluding carboxylic acids is 1. The number of ether oxygens (including phenoxy) is 1. The average molecular weight is 299 g/mol. The van der Waals surface area contributed by atoms with E-state index in [4.69, 9.17) is 0 Å². The van der Waals surface area contributed by atoms with E-state index >= 15 is 0 Å². The summed E-state index contributed by atoms with van der Waals surface area (Å²) in [5.41, 5.74) is 1.31. The van der Waals surface area contributed by atoms with E-state index in [9.17, 15) is 4.79 Å². The fourth-order valence-electron chi connectivity index (χ4n) is 2.52. The molecule has 0 radical (unpaired) electrons. The Morgan fingerprint density at radius 2 is 2.10 bits per heavy atom. The van der Waals surface area contributed by atoms with Gasteiger partial charge in [-0.1, -0.05) is 37.3 Å². The van der Waals surface area contributed by atoms with Gasteiger partial charge in [0.1, 0.15) is 0 Å². The third-order valence-corrected chi connectivity index (χ3v) is 3.78. The van der Waals surface area contributed by atoms with Crippen molar-refractivity contribution in [3.05, 3.63) is 35.9 Å². The summed E-state index contributed by atoms with van der Waals surface area (Å²) >= 11 is 0. The minimum absolute atomic E-state index is 0. The van der Waals surface area contributed by atoms with Crippen LogP contribution in [0.4, 0.5) is 4.79 Å². The number of benzene rings is 1. The van der Waals surface area contributed by atoms with Crippen molar-refractivity contribution in [3.8, 4) is 0 Å². The Morgan fingerprint density at radius 3 is 2.75 bits per heavy atom. The van der Waals surface area contributed by atoms with Crippen LogP contribution in [0.2, 0.25) is 0 Å². The summed E-state index contributed by atoms with van der Waals surface area (Å²) in [6.07, 6.45) is 0.764. The molecule has 1 amide bonds. The second kappa shape index (κ2) is 8.12. The summed E-state index contributed by atoms with van der Waals surface area (Å²) in [4.78, 5) is 13.7. The third kappa shape index (κ3) is 4.69. The van der Waals surface area contributed by atoms with Crippen molar-refractivity contribution in [3.63, 3.8) is 0 Å². The molecule has 1 heterocycles. The highest BCUT2D eigenvalue weighted by atomic mass is 35.5. The first-order valence-corrected chi connectivity index (χ1v) is 6.80. The lowest BCUT2D eigenvalue weighted by atomic mass is 9.93. The van der Waals surface area contributed by atoms with E-state index in [-0.39, 0.29) is 24.5 Å². The van der Waals surface area contributed by atoms with Gasteiger partial charge >= 0.3 is 6.09 Å². The van der Waals surface area contributed by atoms with Gasteiger partial charge in [-0.2, -0.15) is 0 Å². The Balaban J connectivity index is 0.00000200. The van der Waals surface area contributed by atoms with Crippen LogP contribution in [-0.2, 0) is 11.3 Å². The van der Waals surface area contributed by atoms with Gasteiger partial charge in [0, 0.05) is 19.1 Å². The minimum atomic E-state index is -0.335. The lowest BCUT2D eigenvalue weighted by Crippen LogP contribution is -2.51. The van der Waals surface area contributed by atoms with Crippen molar-refractivity contribution in [2.75, 3.05) is 20.2 Å². The average Bonchev–Trinajstić information content (AvgIpc) is 2.43. The van der Waals surface area contributed by atoms with Crippen LogP contribution in [0.3, 0.4) is 0 Å². The predicted octanol–water partition coefficient (Wildman–Crippen LogP) is 2.67. The van der Waals surface area contributed by atoms with Crippen molar-refractivity contribution >= 4 is 18.5 Å². The third-order valence-electron chi connectivity index (χ3n) is 3.78. The number of nitrogens with one attached hydrogen (secondary N) is 1. The summed E-state index contributed by atoms with van der Waals surface area (Å²) < 4.78 is 4.69. The largest absolute Gasteiger partial charge is 0.453 e. The first-order valence-electron chi connectivity index (χ1n) is 6.80. The highest BCUT2D eigenvalue weighted by molar-refractivity contribution is 5.85. The molecule has 1 N–H and O–H groups in total. The van der Waals surface area contributed by atoms with E-state index in [1.54, 1.807) is 0 Å². The quantitative estimate of drug-likeness (QED) is 0.933. The maximum Gasteiger partial charge on any atom is 0.407 e. The number of piperidine rings is 1. The smallest absolute Gasteiger partial charge is 0.407 e. The fraction of sp³-hybridized carbons (Fsp3) is 0.533. The topological polar surface area (TPSA) is 41.6 Å². The molecule has 2 unspecified atom stereocenters. The molecular formula is C15H23ClN2O2. The van der Waals surface area contributed by atoms with Crippen LogP contribution >= 0.6 is 12.4 Å². The van der Waals surface area contributed by atoms with E-state index in [0.717, 1.165) is 26.1 Å². The van der Waals surface area contributed by atoms with Gasteiger partial charge in [0.05, 0.1) is 7.11 Å². The highest BCUT2D eigenvalue weighted by Gasteiger charge is 2.27. The normalized spacial score (nSPS) is 22.7. The molecule has 0 bridgehead atoms. The van der Waals surface area contributed by atoms with Crippen LogP contribution in [-0.4, -0.2) is 37.2 Å². The van der Waals surface area contributed by atoms with Crippen molar-refractivity contribution in [1.82, 2.24) is 10.2 Å². The Morgan fingerprint density at radius 1 is 1.40 bits per heavy atom. The van der Waals surface area contributed by atoms with E-state index < -0.39 is 0 Å². The highest BCUT2D eigenvalue weighted by Crippen LogP contribution is 2.19. The van der Waals surface area contributed by atoms with Crippen LogP contribution in [0.5, 0.6) is 0 Å². The first kappa shape index (κ1) is 16.8. The molecule has 2 atom stereocenters. The molecule has 112 valence electrons. The van der Waals surface area contributed by atoms with Gasteiger partial charge in [0.15, 0.2) is 0 Å². The Kier molecular flexibility index (Phi) is 6.82. The molecule has 4 nitrogen and oxygen atoms in total. The Labute approximate surface area is 126 Å². The first-order chi connectivity index (χ1) is 9.19. The molecule has 0 spiro atoms. The molecule has 0 aliphatic carbocycles. The lowest BCUT2D eigenvalue weighted by molar-refractivity contribution is 0.123. The van der Waals surface area contributed by atoms with Crippen molar-refractivity contribution in [1.29, 1.82) is 0 Å². The molecular weight excluding hydrogens is 276 g/mol. The van der Waals surface area contributed by atoms with Crippen LogP contribution in [0.25, 0.3) is 0 Å². The van der Waals surface area contributed by atoms with Crippen LogP contribution in [0.1, 0.15) is 18.9 Å². The lowest BCUT2D eigenvalue weighted by Gasteiger charge is -2.37. The zero-order chi connectivity index (χ0) is 13.7. The van der Waals surface area contributed by atoms with Crippen molar-refractivity contribution < 1.29 is 9.53 Å². The van der Waals surface area contributed by atoms with Crippen molar-refractivity contribution in [2.24, 2.45) is 5.92 Å². The second-order valence-electron chi connectivity index (χ2n) is 5.23.